The van der Waals surface area contributed by atoms with Crippen LogP contribution in [0.4, 0.5) is 4.39 Å². The summed E-state index contributed by atoms with van der Waals surface area (Å²) in [7, 11) is 3.98. The van der Waals surface area contributed by atoms with Crippen LogP contribution in [0.25, 0.3) is 0 Å². The summed E-state index contributed by atoms with van der Waals surface area (Å²) in [4.78, 5) is 25.7. The van der Waals surface area contributed by atoms with E-state index in [1.807, 2.05) is 23.9 Å². The number of nitrogens with zero attached hydrogens (tertiary/aromatic N) is 4. The van der Waals surface area contributed by atoms with Crippen molar-refractivity contribution in [3.8, 4) is 0 Å². The van der Waals surface area contributed by atoms with Crippen molar-refractivity contribution in [2.45, 2.75) is 38.3 Å². The van der Waals surface area contributed by atoms with Crippen LogP contribution >= 0.6 is 0 Å². The van der Waals surface area contributed by atoms with Gasteiger partial charge in [0.15, 0.2) is 0 Å². The van der Waals surface area contributed by atoms with Crippen LogP contribution in [0.1, 0.15) is 42.3 Å². The van der Waals surface area contributed by atoms with Crippen LogP contribution < -0.4 is 0 Å². The van der Waals surface area contributed by atoms with E-state index in [0.29, 0.717) is 18.4 Å². The lowest BCUT2D eigenvalue weighted by Gasteiger charge is -2.24. The van der Waals surface area contributed by atoms with Gasteiger partial charge in [-0.25, -0.2) is 4.39 Å². The summed E-state index contributed by atoms with van der Waals surface area (Å²) in [5.74, 6) is -0.198. The molecule has 1 fully saturated rings. The number of amides is 1. The van der Waals surface area contributed by atoms with Crippen LogP contribution in [0.2, 0.25) is 0 Å². The molecule has 0 aliphatic carbocycles. The molecule has 1 amide bonds. The molecule has 5 nitrogen and oxygen atoms in total. The second-order valence-electron chi connectivity index (χ2n) is 7.01. The van der Waals surface area contributed by atoms with E-state index in [1.165, 1.54) is 6.07 Å². The first-order valence-corrected chi connectivity index (χ1v) is 9.03. The maximum Gasteiger partial charge on any atom is 0.223 e. The van der Waals surface area contributed by atoms with Gasteiger partial charge in [-0.1, -0.05) is 18.2 Å². The summed E-state index contributed by atoms with van der Waals surface area (Å²) < 4.78 is 13.8. The number of rotatable bonds is 6. The van der Waals surface area contributed by atoms with Crippen LogP contribution in [0, 0.1) is 5.82 Å². The Morgan fingerprint density at radius 2 is 2.12 bits per heavy atom. The zero-order valence-corrected chi connectivity index (χ0v) is 15.4. The van der Waals surface area contributed by atoms with Crippen molar-refractivity contribution in [2.24, 2.45) is 0 Å². The lowest BCUT2D eigenvalue weighted by atomic mass is 10.1. The maximum atomic E-state index is 13.8. The molecule has 0 spiro atoms. The van der Waals surface area contributed by atoms with Crippen molar-refractivity contribution in [3.05, 3.63) is 59.4 Å². The second kappa shape index (κ2) is 8.36. The smallest absolute Gasteiger partial charge is 0.223 e. The van der Waals surface area contributed by atoms with Gasteiger partial charge in [0, 0.05) is 25.7 Å². The van der Waals surface area contributed by atoms with Gasteiger partial charge in [-0.15, -0.1) is 0 Å². The number of aromatic nitrogens is 2. The van der Waals surface area contributed by atoms with Crippen molar-refractivity contribution < 1.29 is 9.18 Å². The molecule has 1 aromatic carbocycles. The molecule has 2 heterocycles. The van der Waals surface area contributed by atoms with Crippen LogP contribution in [0.5, 0.6) is 0 Å². The highest BCUT2D eigenvalue weighted by molar-refractivity contribution is 5.77. The van der Waals surface area contributed by atoms with Crippen LogP contribution in [-0.4, -0.2) is 46.3 Å². The molecule has 26 heavy (non-hydrogen) atoms. The third-order valence-corrected chi connectivity index (χ3v) is 4.66. The van der Waals surface area contributed by atoms with Crippen LogP contribution in [0.3, 0.4) is 0 Å². The normalized spacial score (nSPS) is 17.1. The highest BCUT2D eigenvalue weighted by Crippen LogP contribution is 2.31. The number of carbonyl (C=O) groups excluding carboxylic acids is 1. The Hall–Kier alpha value is -2.34. The zero-order valence-electron chi connectivity index (χ0n) is 15.4. The molecule has 3 rings (SSSR count). The fraction of sp³-hybridized carbons (Fsp3) is 0.450. The van der Waals surface area contributed by atoms with E-state index in [9.17, 15) is 9.18 Å². The number of benzene rings is 1. The zero-order chi connectivity index (χ0) is 18.5. The van der Waals surface area contributed by atoms with Gasteiger partial charge in [-0.05, 0) is 45.0 Å². The van der Waals surface area contributed by atoms with E-state index in [-0.39, 0.29) is 17.8 Å². The highest BCUT2D eigenvalue weighted by Gasteiger charge is 2.31. The molecule has 0 bridgehead atoms. The van der Waals surface area contributed by atoms with Gasteiger partial charge in [0.25, 0.3) is 0 Å². The number of hydrogen-bond acceptors (Lipinski definition) is 4. The average molecular weight is 356 g/mol. The molecule has 138 valence electrons. The predicted molar refractivity (Wildman–Crippen MR) is 97.8 cm³/mol. The summed E-state index contributed by atoms with van der Waals surface area (Å²) in [6, 6.07) is 6.60. The molecule has 1 aliphatic rings. The SMILES string of the molecule is CN(C)Cc1cncc([C@@H]2CCCN2C(=O)CCc2ccccc2F)n1. The van der Waals surface area contributed by atoms with Crippen molar-refractivity contribution in [3.63, 3.8) is 0 Å². The Balaban J connectivity index is 1.68. The van der Waals surface area contributed by atoms with Crippen molar-refractivity contribution in [2.75, 3.05) is 20.6 Å². The van der Waals surface area contributed by atoms with Gasteiger partial charge < -0.3 is 9.80 Å². The van der Waals surface area contributed by atoms with E-state index in [4.69, 9.17) is 4.98 Å². The average Bonchev–Trinajstić information content (AvgIpc) is 3.10. The topological polar surface area (TPSA) is 49.3 Å². The molecular weight excluding hydrogens is 331 g/mol. The predicted octanol–water partition coefficient (Wildman–Crippen LogP) is 2.97. The first-order valence-electron chi connectivity index (χ1n) is 9.03. The monoisotopic (exact) mass is 356 g/mol. The number of carbonyl (C=O) groups is 1. The minimum Gasteiger partial charge on any atom is -0.334 e. The van der Waals surface area contributed by atoms with E-state index < -0.39 is 0 Å². The van der Waals surface area contributed by atoms with E-state index in [2.05, 4.69) is 4.98 Å². The molecule has 0 radical (unpaired) electrons. The Kier molecular flexibility index (Phi) is 5.93. The van der Waals surface area contributed by atoms with Gasteiger partial charge in [0.05, 0.1) is 23.6 Å². The number of aryl methyl sites for hydroxylation is 1. The number of hydrogen-bond donors (Lipinski definition) is 0. The van der Waals surface area contributed by atoms with Gasteiger partial charge in [0.2, 0.25) is 5.91 Å². The maximum absolute atomic E-state index is 13.8. The third kappa shape index (κ3) is 4.43. The Bertz CT molecular complexity index is 765. The Labute approximate surface area is 153 Å². The second-order valence-corrected chi connectivity index (χ2v) is 7.01. The molecule has 1 aliphatic heterocycles. The molecule has 0 unspecified atom stereocenters. The summed E-state index contributed by atoms with van der Waals surface area (Å²) in [5, 5.41) is 0. The molecule has 1 atom stereocenters. The summed E-state index contributed by atoms with van der Waals surface area (Å²) >= 11 is 0. The highest BCUT2D eigenvalue weighted by atomic mass is 19.1. The first kappa shape index (κ1) is 18.5. The minimum absolute atomic E-state index is 0.0299. The van der Waals surface area contributed by atoms with Crippen molar-refractivity contribution in [1.82, 2.24) is 19.8 Å². The van der Waals surface area contributed by atoms with Crippen LogP contribution in [-0.2, 0) is 17.8 Å². The van der Waals surface area contributed by atoms with Crippen LogP contribution in [0.15, 0.2) is 36.7 Å². The molecule has 6 heteroatoms. The third-order valence-electron chi connectivity index (χ3n) is 4.66. The van der Waals surface area contributed by atoms with Gasteiger partial charge in [-0.2, -0.15) is 0 Å². The van der Waals surface area contributed by atoms with E-state index in [1.54, 1.807) is 30.6 Å². The molecule has 2 aromatic rings. The number of halogens is 1. The fourth-order valence-corrected chi connectivity index (χ4v) is 3.44. The first-order chi connectivity index (χ1) is 12.5. The van der Waals surface area contributed by atoms with Gasteiger partial charge in [-0.3, -0.25) is 14.8 Å². The van der Waals surface area contributed by atoms with Crippen molar-refractivity contribution >= 4 is 5.91 Å². The lowest BCUT2D eigenvalue weighted by Crippen LogP contribution is -2.31. The molecule has 0 saturated carbocycles. The van der Waals surface area contributed by atoms with Gasteiger partial charge in [0.1, 0.15) is 5.82 Å². The number of likely N-dealkylation sites (tertiary alicyclic amines) is 1. The minimum atomic E-state index is -0.250. The Morgan fingerprint density at radius 1 is 1.31 bits per heavy atom. The fourth-order valence-electron chi connectivity index (χ4n) is 3.44. The molecule has 1 saturated heterocycles. The molecular formula is C20H25FN4O. The van der Waals surface area contributed by atoms with Crippen molar-refractivity contribution in [1.29, 1.82) is 0 Å². The molecule has 1 aromatic heterocycles. The van der Waals surface area contributed by atoms with E-state index in [0.717, 1.165) is 37.3 Å². The standard InChI is InChI=1S/C20H25FN4O/c1-24(2)14-16-12-22-13-18(23-16)19-8-5-11-25(19)20(26)10-9-15-6-3-4-7-17(15)21/h3-4,6-7,12-13,19H,5,8-11,14H2,1-2H3/t19-/m0/s1. The van der Waals surface area contributed by atoms with Gasteiger partial charge >= 0.3 is 0 Å². The summed E-state index contributed by atoms with van der Waals surface area (Å²) in [6.45, 7) is 1.44. The van der Waals surface area contributed by atoms with E-state index >= 15 is 0 Å². The largest absolute Gasteiger partial charge is 0.334 e. The molecule has 0 N–H and O–H groups in total. The summed E-state index contributed by atoms with van der Waals surface area (Å²) in [6.07, 6.45) is 6.10. The Morgan fingerprint density at radius 3 is 2.88 bits per heavy atom. The quantitative estimate of drug-likeness (QED) is 0.798. The summed E-state index contributed by atoms with van der Waals surface area (Å²) in [5.41, 5.74) is 2.34. The lowest BCUT2D eigenvalue weighted by molar-refractivity contribution is -0.132.